The lowest BCUT2D eigenvalue weighted by atomic mass is 10.2. The fraction of sp³-hybridized carbons (Fsp3) is 0.231. The van der Waals surface area contributed by atoms with Crippen LogP contribution in [-0.4, -0.2) is 17.7 Å². The summed E-state index contributed by atoms with van der Waals surface area (Å²) >= 11 is 4.44. The van der Waals surface area contributed by atoms with Gasteiger partial charge in [0.05, 0.1) is 13.7 Å². The minimum atomic E-state index is -1.35. The third kappa shape index (κ3) is 3.40. The average molecular weight is 488 g/mol. The molecule has 0 spiro atoms. The minimum absolute atomic E-state index is 0.0525. The highest BCUT2D eigenvalue weighted by molar-refractivity contribution is 14.1. The Kier molecular flexibility index (Phi) is 4.76. The van der Waals surface area contributed by atoms with Gasteiger partial charge < -0.3 is 14.8 Å². The molecule has 118 valence electrons. The van der Waals surface area contributed by atoms with Gasteiger partial charge in [0.15, 0.2) is 11.4 Å². The molecule has 9 heteroatoms. The van der Waals surface area contributed by atoms with Crippen LogP contribution in [0.4, 0.5) is 14.5 Å². The van der Waals surface area contributed by atoms with E-state index in [0.29, 0.717) is 0 Å². The summed E-state index contributed by atoms with van der Waals surface area (Å²) in [5.41, 5.74) is -0.351. The number of hydrogen-bond acceptors (Lipinski definition) is 5. The molecule has 1 fully saturated rings. The van der Waals surface area contributed by atoms with Crippen LogP contribution in [0, 0.1) is 15.2 Å². The standard InChI is InChI=1S/C13H9BrF2INO4/c1-13(2)21-11(19)5(12(20)22-13)4-18-7-3-6(15)8(14)9(16)10(7)17/h3-4,18H,1-2H3. The molecule has 0 unspecified atom stereocenters. The molecule has 0 amide bonds. The van der Waals surface area contributed by atoms with Crippen LogP contribution < -0.4 is 5.32 Å². The number of ether oxygens (including phenoxy) is 2. The van der Waals surface area contributed by atoms with Gasteiger partial charge in [-0.1, -0.05) is 0 Å². The van der Waals surface area contributed by atoms with Crippen LogP contribution in [0.25, 0.3) is 0 Å². The lowest BCUT2D eigenvalue weighted by Crippen LogP contribution is -2.42. The van der Waals surface area contributed by atoms with Crippen LogP contribution in [-0.2, 0) is 19.1 Å². The van der Waals surface area contributed by atoms with Gasteiger partial charge >= 0.3 is 11.9 Å². The molecule has 1 saturated heterocycles. The van der Waals surface area contributed by atoms with Crippen molar-refractivity contribution < 1.29 is 27.8 Å². The molecule has 0 saturated carbocycles. The van der Waals surface area contributed by atoms with E-state index in [0.717, 1.165) is 12.3 Å². The normalized spacial score (nSPS) is 16.9. The van der Waals surface area contributed by atoms with E-state index in [4.69, 9.17) is 9.47 Å². The number of benzene rings is 1. The highest BCUT2D eigenvalue weighted by Gasteiger charge is 2.39. The maximum atomic E-state index is 13.7. The molecule has 1 aliphatic heterocycles. The number of rotatable bonds is 2. The van der Waals surface area contributed by atoms with Crippen molar-refractivity contribution >= 4 is 56.1 Å². The second kappa shape index (κ2) is 6.11. The largest absolute Gasteiger partial charge is 0.419 e. The van der Waals surface area contributed by atoms with E-state index in [1.165, 1.54) is 13.8 Å². The number of carbonyl (C=O) groups excluding carboxylic acids is 2. The highest BCUT2D eigenvalue weighted by atomic mass is 127. The summed E-state index contributed by atoms with van der Waals surface area (Å²) in [5, 5.41) is 2.51. The molecule has 2 rings (SSSR count). The van der Waals surface area contributed by atoms with E-state index in [2.05, 4.69) is 21.2 Å². The number of cyclic esters (lactones) is 2. The summed E-state index contributed by atoms with van der Waals surface area (Å²) in [4.78, 5) is 23.5. The highest BCUT2D eigenvalue weighted by Crippen LogP contribution is 2.30. The second-order valence-corrected chi connectivity index (χ2v) is 6.60. The zero-order valence-corrected chi connectivity index (χ0v) is 15.0. The lowest BCUT2D eigenvalue weighted by Gasteiger charge is -2.29. The van der Waals surface area contributed by atoms with Crippen molar-refractivity contribution in [3.63, 3.8) is 0 Å². The van der Waals surface area contributed by atoms with Gasteiger partial charge in [0.1, 0.15) is 5.82 Å². The maximum absolute atomic E-state index is 13.7. The van der Waals surface area contributed by atoms with E-state index < -0.39 is 34.9 Å². The molecular weight excluding hydrogens is 479 g/mol. The number of hydrogen-bond donors (Lipinski definition) is 1. The van der Waals surface area contributed by atoms with Crippen molar-refractivity contribution in [3.8, 4) is 0 Å². The molecule has 1 aliphatic rings. The molecule has 0 aliphatic carbocycles. The smallest absolute Gasteiger partial charge is 0.350 e. The zero-order valence-electron chi connectivity index (χ0n) is 11.3. The van der Waals surface area contributed by atoms with E-state index in [1.54, 1.807) is 22.6 Å². The Balaban J connectivity index is 2.30. The van der Waals surface area contributed by atoms with Gasteiger partial charge in [-0.05, 0) is 44.6 Å². The van der Waals surface area contributed by atoms with E-state index in [-0.39, 0.29) is 13.7 Å². The Hall–Kier alpha value is -1.23. The Morgan fingerprint density at radius 1 is 1.27 bits per heavy atom. The zero-order chi connectivity index (χ0) is 16.7. The first-order valence-corrected chi connectivity index (χ1v) is 7.76. The first-order chi connectivity index (χ1) is 10.1. The van der Waals surface area contributed by atoms with E-state index in [9.17, 15) is 18.4 Å². The van der Waals surface area contributed by atoms with Gasteiger partial charge in [-0.3, -0.25) is 0 Å². The third-order valence-electron chi connectivity index (χ3n) is 2.59. The quantitative estimate of drug-likeness (QED) is 0.173. The summed E-state index contributed by atoms with van der Waals surface area (Å²) in [6.45, 7) is 2.82. The topological polar surface area (TPSA) is 64.6 Å². The Labute approximate surface area is 146 Å². The molecule has 1 heterocycles. The Morgan fingerprint density at radius 3 is 2.36 bits per heavy atom. The first kappa shape index (κ1) is 17.1. The van der Waals surface area contributed by atoms with Crippen LogP contribution in [0.2, 0.25) is 0 Å². The molecular formula is C13H9BrF2INO4. The molecule has 1 aromatic carbocycles. The summed E-state index contributed by atoms with van der Waals surface area (Å²) in [6, 6.07) is 1.02. The van der Waals surface area contributed by atoms with Crippen LogP contribution in [0.3, 0.4) is 0 Å². The predicted octanol–water partition coefficient (Wildman–Crippen LogP) is 3.46. The van der Waals surface area contributed by atoms with Crippen molar-refractivity contribution in [1.29, 1.82) is 0 Å². The van der Waals surface area contributed by atoms with Gasteiger partial charge in [-0.25, -0.2) is 18.4 Å². The fourth-order valence-corrected chi connectivity index (χ4v) is 2.87. The summed E-state index contributed by atoms with van der Waals surface area (Å²) in [7, 11) is 0. The summed E-state index contributed by atoms with van der Waals surface area (Å²) in [5.74, 6) is -4.75. The molecule has 5 nitrogen and oxygen atoms in total. The Bertz CT molecular complexity index is 684. The van der Waals surface area contributed by atoms with Gasteiger partial charge in [0.25, 0.3) is 5.79 Å². The number of anilines is 1. The van der Waals surface area contributed by atoms with Crippen molar-refractivity contribution in [1.82, 2.24) is 0 Å². The van der Waals surface area contributed by atoms with Gasteiger partial charge in [-0.15, -0.1) is 0 Å². The van der Waals surface area contributed by atoms with Crippen LogP contribution >= 0.6 is 38.5 Å². The Morgan fingerprint density at radius 2 is 1.82 bits per heavy atom. The van der Waals surface area contributed by atoms with Crippen LogP contribution in [0.1, 0.15) is 13.8 Å². The number of carbonyl (C=O) groups is 2. The van der Waals surface area contributed by atoms with Gasteiger partial charge in [0, 0.05) is 20.0 Å². The second-order valence-electron chi connectivity index (χ2n) is 4.73. The molecule has 1 N–H and O–H groups in total. The number of halogens is 4. The first-order valence-electron chi connectivity index (χ1n) is 5.89. The van der Waals surface area contributed by atoms with Crippen LogP contribution in [0.5, 0.6) is 0 Å². The monoisotopic (exact) mass is 487 g/mol. The third-order valence-corrected chi connectivity index (χ3v) is 4.37. The minimum Gasteiger partial charge on any atom is -0.419 e. The molecule has 0 aromatic heterocycles. The molecule has 0 atom stereocenters. The van der Waals surface area contributed by atoms with Crippen molar-refractivity contribution in [2.24, 2.45) is 0 Å². The molecule has 1 aromatic rings. The summed E-state index contributed by atoms with van der Waals surface area (Å²) in [6.07, 6.45) is 0.990. The average Bonchev–Trinajstić information content (AvgIpc) is 2.39. The van der Waals surface area contributed by atoms with Crippen molar-refractivity contribution in [2.45, 2.75) is 19.6 Å². The molecule has 0 radical (unpaired) electrons. The molecule has 0 bridgehead atoms. The van der Waals surface area contributed by atoms with Crippen molar-refractivity contribution in [2.75, 3.05) is 5.32 Å². The van der Waals surface area contributed by atoms with Crippen LogP contribution in [0.15, 0.2) is 22.3 Å². The SMILES string of the molecule is CC1(C)OC(=O)C(=CNc2cc(F)c(Br)c(F)c2I)C(=O)O1. The van der Waals surface area contributed by atoms with Crippen molar-refractivity contribution in [3.05, 3.63) is 37.5 Å². The molecule has 22 heavy (non-hydrogen) atoms. The van der Waals surface area contributed by atoms with Gasteiger partial charge in [0.2, 0.25) is 0 Å². The van der Waals surface area contributed by atoms with Gasteiger partial charge in [-0.2, -0.15) is 0 Å². The number of nitrogens with one attached hydrogen (secondary N) is 1. The van der Waals surface area contributed by atoms with E-state index >= 15 is 0 Å². The lowest BCUT2D eigenvalue weighted by molar-refractivity contribution is -0.222. The predicted molar refractivity (Wildman–Crippen MR) is 84.7 cm³/mol. The fourth-order valence-electron chi connectivity index (χ4n) is 1.61. The van der Waals surface area contributed by atoms with E-state index in [1.807, 2.05) is 0 Å². The number of esters is 2. The maximum Gasteiger partial charge on any atom is 0.350 e. The summed E-state index contributed by atoms with van der Waals surface area (Å²) < 4.78 is 36.8.